The zero-order valence-corrected chi connectivity index (χ0v) is 12.2. The molecule has 0 aromatic heterocycles. The number of amides is 1. The molecule has 20 heavy (non-hydrogen) atoms. The predicted molar refractivity (Wildman–Crippen MR) is 78.8 cm³/mol. The number of nitrogens with two attached hydrogens (primary N) is 1. The summed E-state index contributed by atoms with van der Waals surface area (Å²) in [6.07, 6.45) is 0. The SMILES string of the molecule is Cc1cc(O)ccc1C(=O)N1CCN(C(C)CN)CC1. The van der Waals surface area contributed by atoms with Crippen LogP contribution in [-0.4, -0.2) is 59.6 Å². The highest BCUT2D eigenvalue weighted by atomic mass is 16.3. The Hall–Kier alpha value is -1.59. The molecular formula is C15H23N3O2. The van der Waals surface area contributed by atoms with E-state index in [1.807, 2.05) is 11.8 Å². The summed E-state index contributed by atoms with van der Waals surface area (Å²) in [5.41, 5.74) is 7.16. The first-order chi connectivity index (χ1) is 9.52. The van der Waals surface area contributed by atoms with Crippen LogP contribution in [0.25, 0.3) is 0 Å². The van der Waals surface area contributed by atoms with Crippen molar-refractivity contribution in [3.63, 3.8) is 0 Å². The van der Waals surface area contributed by atoms with Gasteiger partial charge in [0.05, 0.1) is 0 Å². The monoisotopic (exact) mass is 277 g/mol. The number of hydrogen-bond acceptors (Lipinski definition) is 4. The van der Waals surface area contributed by atoms with Gasteiger partial charge in [0.1, 0.15) is 5.75 Å². The van der Waals surface area contributed by atoms with Crippen LogP contribution in [0.5, 0.6) is 5.75 Å². The summed E-state index contributed by atoms with van der Waals surface area (Å²) < 4.78 is 0. The molecule has 0 radical (unpaired) electrons. The number of aryl methyl sites for hydroxylation is 1. The van der Waals surface area contributed by atoms with Crippen LogP contribution in [0.3, 0.4) is 0 Å². The van der Waals surface area contributed by atoms with Crippen LogP contribution < -0.4 is 5.73 Å². The number of carbonyl (C=O) groups excluding carboxylic acids is 1. The Morgan fingerprint density at radius 2 is 2.00 bits per heavy atom. The molecule has 5 heteroatoms. The number of piperazine rings is 1. The van der Waals surface area contributed by atoms with Crippen LogP contribution in [-0.2, 0) is 0 Å². The van der Waals surface area contributed by atoms with Crippen LogP contribution in [0.1, 0.15) is 22.8 Å². The quantitative estimate of drug-likeness (QED) is 0.857. The summed E-state index contributed by atoms with van der Waals surface area (Å²) in [5, 5.41) is 9.41. The van der Waals surface area contributed by atoms with Gasteiger partial charge in [-0.05, 0) is 37.6 Å². The number of phenolic OH excluding ortho intramolecular Hbond substituents is 1. The average Bonchev–Trinajstić information content (AvgIpc) is 2.46. The van der Waals surface area contributed by atoms with E-state index in [1.165, 1.54) is 0 Å². The van der Waals surface area contributed by atoms with Crippen LogP contribution in [0.2, 0.25) is 0 Å². The first-order valence-corrected chi connectivity index (χ1v) is 7.06. The fourth-order valence-corrected chi connectivity index (χ4v) is 2.57. The van der Waals surface area contributed by atoms with Gasteiger partial charge in [0.25, 0.3) is 5.91 Å². The number of nitrogens with zero attached hydrogens (tertiary/aromatic N) is 2. The van der Waals surface area contributed by atoms with E-state index in [0.29, 0.717) is 18.2 Å². The highest BCUT2D eigenvalue weighted by molar-refractivity contribution is 5.95. The van der Waals surface area contributed by atoms with Crippen molar-refractivity contribution in [1.82, 2.24) is 9.80 Å². The molecule has 5 nitrogen and oxygen atoms in total. The Bertz CT molecular complexity index is 482. The fourth-order valence-electron chi connectivity index (χ4n) is 2.57. The van der Waals surface area contributed by atoms with E-state index in [1.54, 1.807) is 18.2 Å². The van der Waals surface area contributed by atoms with E-state index in [9.17, 15) is 9.90 Å². The Kier molecular flexibility index (Phi) is 4.62. The molecule has 1 heterocycles. The van der Waals surface area contributed by atoms with Crippen molar-refractivity contribution in [3.05, 3.63) is 29.3 Å². The molecule has 1 aromatic carbocycles. The number of aromatic hydroxyl groups is 1. The molecule has 1 aliphatic rings. The van der Waals surface area contributed by atoms with Crippen molar-refractivity contribution >= 4 is 5.91 Å². The van der Waals surface area contributed by atoms with Gasteiger partial charge in [0.15, 0.2) is 0 Å². The first-order valence-electron chi connectivity index (χ1n) is 7.06. The second-order valence-electron chi connectivity index (χ2n) is 5.41. The Balaban J connectivity index is 2.01. The summed E-state index contributed by atoms with van der Waals surface area (Å²) in [4.78, 5) is 16.7. The number of phenols is 1. The Morgan fingerprint density at radius 1 is 1.35 bits per heavy atom. The number of benzene rings is 1. The lowest BCUT2D eigenvalue weighted by Gasteiger charge is -2.37. The lowest BCUT2D eigenvalue weighted by molar-refractivity contribution is 0.0588. The molecule has 1 atom stereocenters. The predicted octanol–water partition coefficient (Wildman–Crippen LogP) is 0.806. The van der Waals surface area contributed by atoms with Crippen LogP contribution >= 0.6 is 0 Å². The topological polar surface area (TPSA) is 69.8 Å². The standard InChI is InChI=1S/C15H23N3O2/c1-11-9-13(19)3-4-14(11)15(20)18-7-5-17(6-8-18)12(2)10-16/h3-4,9,12,19H,5-8,10,16H2,1-2H3. The van der Waals surface area contributed by atoms with E-state index in [2.05, 4.69) is 11.8 Å². The molecule has 1 saturated heterocycles. The summed E-state index contributed by atoms with van der Waals surface area (Å²) in [5.74, 6) is 0.239. The van der Waals surface area contributed by atoms with Crippen molar-refractivity contribution < 1.29 is 9.90 Å². The van der Waals surface area contributed by atoms with Gasteiger partial charge in [0.2, 0.25) is 0 Å². The molecule has 0 bridgehead atoms. The third-order valence-electron chi connectivity index (χ3n) is 4.01. The average molecular weight is 277 g/mol. The Labute approximate surface area is 120 Å². The zero-order valence-electron chi connectivity index (χ0n) is 12.2. The summed E-state index contributed by atoms with van der Waals surface area (Å²) in [7, 11) is 0. The summed E-state index contributed by atoms with van der Waals surface area (Å²) >= 11 is 0. The van der Waals surface area contributed by atoms with Crippen LogP contribution in [0.4, 0.5) is 0 Å². The van der Waals surface area contributed by atoms with Gasteiger partial charge in [-0.15, -0.1) is 0 Å². The molecule has 1 unspecified atom stereocenters. The maximum Gasteiger partial charge on any atom is 0.254 e. The van der Waals surface area contributed by atoms with Gasteiger partial charge >= 0.3 is 0 Å². The lowest BCUT2D eigenvalue weighted by Crippen LogP contribution is -2.52. The summed E-state index contributed by atoms with van der Waals surface area (Å²) in [6, 6.07) is 5.25. The molecule has 1 amide bonds. The smallest absolute Gasteiger partial charge is 0.254 e. The molecule has 2 rings (SSSR count). The number of rotatable bonds is 3. The molecule has 1 fully saturated rings. The molecule has 0 saturated carbocycles. The van der Waals surface area contributed by atoms with Gasteiger partial charge in [-0.1, -0.05) is 0 Å². The minimum atomic E-state index is 0.0440. The number of carbonyl (C=O) groups is 1. The lowest BCUT2D eigenvalue weighted by atomic mass is 10.1. The van der Waals surface area contributed by atoms with Crippen LogP contribution in [0.15, 0.2) is 18.2 Å². The molecule has 0 spiro atoms. The van der Waals surface area contributed by atoms with Gasteiger partial charge < -0.3 is 15.7 Å². The maximum atomic E-state index is 12.5. The highest BCUT2D eigenvalue weighted by Crippen LogP contribution is 2.18. The van der Waals surface area contributed by atoms with Gasteiger partial charge in [-0.2, -0.15) is 0 Å². The van der Waals surface area contributed by atoms with E-state index < -0.39 is 0 Å². The summed E-state index contributed by atoms with van der Waals surface area (Å²) in [6.45, 7) is 7.78. The molecule has 1 aliphatic heterocycles. The minimum Gasteiger partial charge on any atom is -0.508 e. The van der Waals surface area contributed by atoms with Crippen molar-refractivity contribution in [2.75, 3.05) is 32.7 Å². The van der Waals surface area contributed by atoms with Crippen molar-refractivity contribution in [3.8, 4) is 5.75 Å². The number of hydrogen-bond donors (Lipinski definition) is 2. The Morgan fingerprint density at radius 3 is 2.55 bits per heavy atom. The van der Waals surface area contributed by atoms with E-state index in [4.69, 9.17) is 5.73 Å². The zero-order chi connectivity index (χ0) is 14.7. The van der Waals surface area contributed by atoms with E-state index in [0.717, 1.165) is 31.7 Å². The minimum absolute atomic E-state index is 0.0440. The van der Waals surface area contributed by atoms with Crippen molar-refractivity contribution in [2.24, 2.45) is 5.73 Å². The van der Waals surface area contributed by atoms with Crippen molar-refractivity contribution in [1.29, 1.82) is 0 Å². The van der Waals surface area contributed by atoms with Gasteiger partial charge in [-0.25, -0.2) is 0 Å². The first kappa shape index (κ1) is 14.8. The van der Waals surface area contributed by atoms with Gasteiger partial charge in [-0.3, -0.25) is 9.69 Å². The second-order valence-corrected chi connectivity index (χ2v) is 5.41. The van der Waals surface area contributed by atoms with E-state index in [-0.39, 0.29) is 11.7 Å². The fraction of sp³-hybridized carbons (Fsp3) is 0.533. The van der Waals surface area contributed by atoms with Gasteiger partial charge in [0, 0.05) is 44.3 Å². The largest absolute Gasteiger partial charge is 0.508 e. The normalized spacial score (nSPS) is 18.1. The third kappa shape index (κ3) is 3.11. The third-order valence-corrected chi connectivity index (χ3v) is 4.01. The molecule has 0 aliphatic carbocycles. The molecule has 110 valence electrons. The van der Waals surface area contributed by atoms with E-state index >= 15 is 0 Å². The maximum absolute atomic E-state index is 12.5. The highest BCUT2D eigenvalue weighted by Gasteiger charge is 2.24. The molecule has 3 N–H and O–H groups in total. The molecular weight excluding hydrogens is 254 g/mol. The molecule has 1 aromatic rings. The second kappa shape index (κ2) is 6.24. The van der Waals surface area contributed by atoms with Crippen LogP contribution in [0, 0.1) is 6.92 Å². The van der Waals surface area contributed by atoms with Crippen molar-refractivity contribution in [2.45, 2.75) is 19.9 Å².